The van der Waals surface area contributed by atoms with Gasteiger partial charge in [-0.2, -0.15) is 12.6 Å². The van der Waals surface area contributed by atoms with Crippen LogP contribution >= 0.6 is 12.6 Å². The monoisotopic (exact) mass is 463 g/mol. The Hall–Kier alpha value is -3.25. The van der Waals surface area contributed by atoms with E-state index in [0.29, 0.717) is 6.42 Å². The highest BCUT2D eigenvalue weighted by atomic mass is 32.1. The van der Waals surface area contributed by atoms with E-state index in [-0.39, 0.29) is 31.1 Å². The maximum absolute atomic E-state index is 13.0. The van der Waals surface area contributed by atoms with Gasteiger partial charge < -0.3 is 37.9 Å². The summed E-state index contributed by atoms with van der Waals surface area (Å²) in [6, 6.07) is 4.40. The normalized spacial score (nSPS) is 13.7. The van der Waals surface area contributed by atoms with Crippen molar-refractivity contribution in [2.45, 2.75) is 37.4 Å². The molecule has 11 nitrogen and oxygen atoms in total. The zero-order valence-corrected chi connectivity index (χ0v) is 18.3. The third-order valence-corrected chi connectivity index (χ3v) is 5.22. The molecular weight excluding hydrogens is 434 g/mol. The summed E-state index contributed by atoms with van der Waals surface area (Å²) in [4.78, 5) is 43.9. The Morgan fingerprint density at radius 1 is 1.12 bits per heavy atom. The van der Waals surface area contributed by atoms with Gasteiger partial charge in [0, 0.05) is 35.8 Å². The van der Waals surface area contributed by atoms with E-state index >= 15 is 0 Å². The number of guanidine groups is 1. The first-order valence-corrected chi connectivity index (χ1v) is 10.7. The number of carboxylic acid groups (broad SMARTS) is 1. The van der Waals surface area contributed by atoms with Gasteiger partial charge >= 0.3 is 5.97 Å². The van der Waals surface area contributed by atoms with Gasteiger partial charge in [0.05, 0.1) is 6.04 Å². The highest BCUT2D eigenvalue weighted by Crippen LogP contribution is 2.19. The van der Waals surface area contributed by atoms with Crippen molar-refractivity contribution in [1.82, 2.24) is 15.6 Å². The number of rotatable bonds is 12. The van der Waals surface area contributed by atoms with Gasteiger partial charge in [0.25, 0.3) is 0 Å². The molecule has 0 saturated carbocycles. The molecule has 1 heterocycles. The van der Waals surface area contributed by atoms with Gasteiger partial charge in [-0.3, -0.25) is 14.6 Å². The molecule has 174 valence electrons. The van der Waals surface area contributed by atoms with Crippen LogP contribution in [0.3, 0.4) is 0 Å². The minimum Gasteiger partial charge on any atom is -0.480 e. The Morgan fingerprint density at radius 3 is 2.47 bits per heavy atom. The zero-order valence-electron chi connectivity index (χ0n) is 17.5. The van der Waals surface area contributed by atoms with Gasteiger partial charge in [-0.15, -0.1) is 0 Å². The zero-order chi connectivity index (χ0) is 23.7. The summed E-state index contributed by atoms with van der Waals surface area (Å²) in [5, 5.41) is 15.5. The average Bonchev–Trinajstić information content (AvgIpc) is 3.17. The molecule has 0 saturated heterocycles. The minimum absolute atomic E-state index is 0.0931. The molecule has 2 aromatic rings. The molecule has 0 aliphatic rings. The molecule has 3 atom stereocenters. The molecule has 32 heavy (non-hydrogen) atoms. The number of hydrogen-bond acceptors (Lipinski definition) is 6. The van der Waals surface area contributed by atoms with Gasteiger partial charge in [0.2, 0.25) is 11.8 Å². The van der Waals surface area contributed by atoms with Crippen LogP contribution in [0.15, 0.2) is 35.5 Å². The van der Waals surface area contributed by atoms with Gasteiger partial charge in [-0.25, -0.2) is 4.79 Å². The maximum atomic E-state index is 13.0. The Kier molecular flexibility index (Phi) is 9.35. The number of aromatic amines is 1. The van der Waals surface area contributed by atoms with Crippen molar-refractivity contribution >= 4 is 47.3 Å². The predicted octanol–water partition coefficient (Wildman–Crippen LogP) is -0.925. The van der Waals surface area contributed by atoms with Crippen LogP contribution in [0.2, 0.25) is 0 Å². The van der Waals surface area contributed by atoms with E-state index in [1.807, 2.05) is 24.3 Å². The van der Waals surface area contributed by atoms with Crippen LogP contribution in [0.4, 0.5) is 0 Å². The summed E-state index contributed by atoms with van der Waals surface area (Å²) in [5.41, 5.74) is 17.9. The third-order valence-electron chi connectivity index (χ3n) is 4.83. The lowest BCUT2D eigenvalue weighted by molar-refractivity contribution is -0.142. The van der Waals surface area contributed by atoms with Gasteiger partial charge in [-0.1, -0.05) is 18.2 Å². The van der Waals surface area contributed by atoms with Crippen molar-refractivity contribution in [3.8, 4) is 0 Å². The molecule has 0 fully saturated rings. The van der Waals surface area contributed by atoms with E-state index in [1.54, 1.807) is 6.20 Å². The summed E-state index contributed by atoms with van der Waals surface area (Å²) in [7, 11) is 0. The van der Waals surface area contributed by atoms with Crippen LogP contribution in [0, 0.1) is 0 Å². The van der Waals surface area contributed by atoms with Crippen LogP contribution < -0.4 is 27.8 Å². The Morgan fingerprint density at radius 2 is 1.81 bits per heavy atom. The maximum Gasteiger partial charge on any atom is 0.326 e. The first kappa shape index (κ1) is 25.0. The van der Waals surface area contributed by atoms with Crippen molar-refractivity contribution in [1.29, 1.82) is 0 Å². The number of carbonyl (C=O) groups excluding carboxylic acids is 2. The van der Waals surface area contributed by atoms with Crippen molar-refractivity contribution in [3.05, 3.63) is 36.0 Å². The number of nitrogens with two attached hydrogens (primary N) is 3. The standard InChI is InChI=1S/C20H29N7O4S/c21-13(10-32)17(28)27-16(8-11-9-25-14-5-2-1-4-12(11)14)18(29)26-15(19(30)31)6-3-7-24-20(22)23/h1-2,4-5,9,13,15-16,25,32H,3,6-8,10,21H2,(H,26,29)(H,27,28)(H,30,31)(H4,22,23,24). The second-order valence-electron chi connectivity index (χ2n) is 7.26. The van der Waals surface area contributed by atoms with Crippen molar-refractivity contribution in [2.75, 3.05) is 12.3 Å². The summed E-state index contributed by atoms with van der Waals surface area (Å²) < 4.78 is 0. The number of aliphatic carboxylic acids is 1. The van der Waals surface area contributed by atoms with Crippen LogP contribution in [0.1, 0.15) is 18.4 Å². The van der Waals surface area contributed by atoms with E-state index in [4.69, 9.17) is 17.2 Å². The fraction of sp³-hybridized carbons (Fsp3) is 0.400. The molecular formula is C20H29N7O4S. The van der Waals surface area contributed by atoms with E-state index in [0.717, 1.165) is 16.5 Å². The number of fused-ring (bicyclic) bond motifs is 1. The number of aromatic nitrogens is 1. The molecule has 0 spiro atoms. The van der Waals surface area contributed by atoms with Crippen LogP contribution in [-0.4, -0.2) is 64.3 Å². The summed E-state index contributed by atoms with van der Waals surface area (Å²) in [6.07, 6.45) is 2.35. The van der Waals surface area contributed by atoms with Crippen molar-refractivity contribution in [2.24, 2.45) is 22.2 Å². The lowest BCUT2D eigenvalue weighted by atomic mass is 10.0. The highest BCUT2D eigenvalue weighted by molar-refractivity contribution is 7.80. The number of thiol groups is 1. The molecule has 1 aromatic heterocycles. The number of hydrogen-bond donors (Lipinski definition) is 8. The van der Waals surface area contributed by atoms with Crippen molar-refractivity contribution in [3.63, 3.8) is 0 Å². The van der Waals surface area contributed by atoms with Crippen LogP contribution in [-0.2, 0) is 20.8 Å². The second-order valence-corrected chi connectivity index (χ2v) is 7.63. The van der Waals surface area contributed by atoms with Gasteiger partial charge in [-0.05, 0) is 24.5 Å². The number of carboxylic acids is 1. The third kappa shape index (κ3) is 7.17. The van der Waals surface area contributed by atoms with Crippen LogP contribution in [0.25, 0.3) is 10.9 Å². The smallest absolute Gasteiger partial charge is 0.326 e. The van der Waals surface area contributed by atoms with E-state index < -0.39 is 35.9 Å². The van der Waals surface area contributed by atoms with Gasteiger partial charge in [0.1, 0.15) is 12.1 Å². The summed E-state index contributed by atoms with van der Waals surface area (Å²) >= 11 is 4.01. The summed E-state index contributed by atoms with van der Waals surface area (Å²) in [6.45, 7) is 0.230. The molecule has 2 amide bonds. The number of carbonyl (C=O) groups is 3. The average molecular weight is 464 g/mol. The number of aliphatic imine (C=N–C) groups is 1. The van der Waals surface area contributed by atoms with E-state index in [9.17, 15) is 19.5 Å². The molecule has 0 bridgehead atoms. The molecule has 12 heteroatoms. The molecule has 0 aliphatic carbocycles. The number of para-hydroxylation sites is 1. The Bertz CT molecular complexity index is 974. The molecule has 0 aliphatic heterocycles. The fourth-order valence-electron chi connectivity index (χ4n) is 3.12. The number of H-pyrrole nitrogens is 1. The van der Waals surface area contributed by atoms with Crippen molar-refractivity contribution < 1.29 is 19.5 Å². The first-order valence-electron chi connectivity index (χ1n) is 10.0. The quantitative estimate of drug-likeness (QED) is 0.0859. The molecule has 3 unspecified atom stereocenters. The molecule has 2 rings (SSSR count). The molecule has 10 N–H and O–H groups in total. The highest BCUT2D eigenvalue weighted by Gasteiger charge is 2.28. The lowest BCUT2D eigenvalue weighted by Gasteiger charge is -2.22. The second kappa shape index (κ2) is 12.0. The number of nitrogens with one attached hydrogen (secondary N) is 3. The molecule has 1 aromatic carbocycles. The van der Waals surface area contributed by atoms with Gasteiger partial charge in [0.15, 0.2) is 5.96 Å². The van der Waals surface area contributed by atoms with Crippen LogP contribution in [0.5, 0.6) is 0 Å². The number of amides is 2. The minimum atomic E-state index is -1.20. The molecule has 0 radical (unpaired) electrons. The Labute approximate surface area is 190 Å². The topological polar surface area (TPSA) is 202 Å². The predicted molar refractivity (Wildman–Crippen MR) is 125 cm³/mol. The van der Waals surface area contributed by atoms with E-state index in [2.05, 4.69) is 33.2 Å². The Balaban J connectivity index is 2.17. The number of nitrogens with zero attached hydrogens (tertiary/aromatic N) is 1. The number of benzene rings is 1. The largest absolute Gasteiger partial charge is 0.480 e. The van der Waals surface area contributed by atoms with E-state index in [1.165, 1.54) is 0 Å². The SMILES string of the molecule is NC(N)=NCCCC(NC(=O)C(Cc1c[nH]c2ccccc12)NC(=O)C(N)CS)C(=O)O. The fourth-order valence-corrected chi connectivity index (χ4v) is 3.29. The summed E-state index contributed by atoms with van der Waals surface area (Å²) in [5.74, 6) is -2.39. The lowest BCUT2D eigenvalue weighted by Crippen LogP contribution is -2.55. The first-order chi connectivity index (χ1) is 15.2.